The lowest BCUT2D eigenvalue weighted by Crippen LogP contribution is -2.13. The number of H-pyrrole nitrogens is 1. The van der Waals surface area contributed by atoms with Gasteiger partial charge in [-0.05, 0) is 18.6 Å². The van der Waals surface area contributed by atoms with Crippen molar-refractivity contribution in [2.45, 2.75) is 19.8 Å². The zero-order valence-electron chi connectivity index (χ0n) is 9.34. The highest BCUT2D eigenvalue weighted by atomic mass is 35.5. The standard InChI is InChI=1S/C12H12ClFN2O/c1-2-3-8-6-12(17)16(15-8)9-4-5-10(13)11(14)7-9/h4-7,15H,2-3H2,1H3. The maximum Gasteiger partial charge on any atom is 0.271 e. The summed E-state index contributed by atoms with van der Waals surface area (Å²) in [6.07, 6.45) is 1.73. The number of nitrogens with one attached hydrogen (secondary N) is 1. The van der Waals surface area contributed by atoms with E-state index in [0.717, 1.165) is 18.5 Å². The molecule has 0 atom stereocenters. The van der Waals surface area contributed by atoms with Crippen LogP contribution in [0.25, 0.3) is 5.69 Å². The lowest BCUT2D eigenvalue weighted by atomic mass is 10.3. The summed E-state index contributed by atoms with van der Waals surface area (Å²) < 4.78 is 14.6. The topological polar surface area (TPSA) is 37.8 Å². The van der Waals surface area contributed by atoms with Gasteiger partial charge in [-0.3, -0.25) is 9.89 Å². The molecule has 2 rings (SSSR count). The molecule has 0 saturated heterocycles. The van der Waals surface area contributed by atoms with Crippen molar-refractivity contribution in [3.63, 3.8) is 0 Å². The van der Waals surface area contributed by atoms with Crippen molar-refractivity contribution < 1.29 is 4.39 Å². The third-order valence-corrected chi connectivity index (χ3v) is 2.76. The molecule has 5 heteroatoms. The first-order valence-electron chi connectivity index (χ1n) is 5.38. The number of halogens is 2. The maximum absolute atomic E-state index is 13.3. The number of hydrogen-bond donors (Lipinski definition) is 1. The number of aromatic amines is 1. The molecule has 1 aromatic heterocycles. The van der Waals surface area contributed by atoms with Crippen LogP contribution in [0.15, 0.2) is 29.1 Å². The predicted molar refractivity (Wildman–Crippen MR) is 65.4 cm³/mol. The van der Waals surface area contributed by atoms with E-state index in [9.17, 15) is 9.18 Å². The SMILES string of the molecule is CCCc1cc(=O)n(-c2ccc(Cl)c(F)c2)[nH]1. The molecule has 0 bridgehead atoms. The van der Waals surface area contributed by atoms with Crippen molar-refractivity contribution in [1.29, 1.82) is 0 Å². The lowest BCUT2D eigenvalue weighted by Gasteiger charge is -2.03. The van der Waals surface area contributed by atoms with E-state index in [1.807, 2.05) is 6.92 Å². The first-order valence-corrected chi connectivity index (χ1v) is 5.76. The van der Waals surface area contributed by atoms with Crippen molar-refractivity contribution in [1.82, 2.24) is 9.78 Å². The molecule has 0 fully saturated rings. The van der Waals surface area contributed by atoms with Gasteiger partial charge in [-0.25, -0.2) is 9.07 Å². The van der Waals surface area contributed by atoms with E-state index < -0.39 is 5.82 Å². The van der Waals surface area contributed by atoms with Crippen molar-refractivity contribution in [3.05, 3.63) is 51.2 Å². The molecular weight excluding hydrogens is 243 g/mol. The highest BCUT2D eigenvalue weighted by Gasteiger charge is 2.07. The predicted octanol–water partition coefficient (Wildman–Crippen LogP) is 2.91. The molecule has 1 N–H and O–H groups in total. The molecule has 3 nitrogen and oxygen atoms in total. The van der Waals surface area contributed by atoms with Crippen molar-refractivity contribution in [2.75, 3.05) is 0 Å². The van der Waals surface area contributed by atoms with Crippen molar-refractivity contribution in [3.8, 4) is 5.69 Å². The second-order valence-corrected chi connectivity index (χ2v) is 4.21. The second kappa shape index (κ2) is 4.75. The summed E-state index contributed by atoms with van der Waals surface area (Å²) in [5.74, 6) is -0.539. The molecule has 2 aromatic rings. The van der Waals surface area contributed by atoms with Crippen LogP contribution in [0.5, 0.6) is 0 Å². The molecule has 0 aliphatic carbocycles. The second-order valence-electron chi connectivity index (χ2n) is 3.80. The summed E-state index contributed by atoms with van der Waals surface area (Å²) in [4.78, 5) is 11.7. The maximum atomic E-state index is 13.3. The summed E-state index contributed by atoms with van der Waals surface area (Å²) in [6.45, 7) is 2.03. The van der Waals surface area contributed by atoms with Gasteiger partial charge in [0.15, 0.2) is 0 Å². The number of hydrogen-bond acceptors (Lipinski definition) is 1. The average Bonchev–Trinajstić information content (AvgIpc) is 2.64. The number of rotatable bonds is 3. The van der Waals surface area contributed by atoms with Gasteiger partial charge in [0.2, 0.25) is 0 Å². The first kappa shape index (κ1) is 11.9. The lowest BCUT2D eigenvalue weighted by molar-refractivity contribution is 0.625. The Morgan fingerprint density at radius 1 is 1.41 bits per heavy atom. The third kappa shape index (κ3) is 2.42. The van der Waals surface area contributed by atoms with Crippen LogP contribution in [0.2, 0.25) is 5.02 Å². The third-order valence-electron chi connectivity index (χ3n) is 2.45. The summed E-state index contributed by atoms with van der Waals surface area (Å²) in [5, 5.41) is 2.98. The van der Waals surface area contributed by atoms with Crippen LogP contribution in [-0.2, 0) is 6.42 Å². The van der Waals surface area contributed by atoms with Gasteiger partial charge in [0.1, 0.15) is 5.82 Å². The molecule has 0 aliphatic rings. The van der Waals surface area contributed by atoms with Crippen LogP contribution < -0.4 is 5.56 Å². The Kier molecular flexibility index (Phi) is 3.33. The first-order chi connectivity index (χ1) is 8.11. The van der Waals surface area contributed by atoms with Crippen LogP contribution >= 0.6 is 11.6 Å². The minimum absolute atomic E-state index is 0.0436. The van der Waals surface area contributed by atoms with Crippen LogP contribution in [0.3, 0.4) is 0 Å². The van der Waals surface area contributed by atoms with E-state index in [1.165, 1.54) is 22.9 Å². The smallest absolute Gasteiger partial charge is 0.271 e. The monoisotopic (exact) mass is 254 g/mol. The summed E-state index contributed by atoms with van der Waals surface area (Å²) in [5.41, 5.74) is 1.09. The van der Waals surface area contributed by atoms with E-state index in [2.05, 4.69) is 5.10 Å². The molecule has 1 aromatic carbocycles. The summed E-state index contributed by atoms with van der Waals surface area (Å²) >= 11 is 5.59. The van der Waals surface area contributed by atoms with Gasteiger partial charge >= 0.3 is 0 Å². The van der Waals surface area contributed by atoms with E-state index in [4.69, 9.17) is 11.6 Å². The Bertz CT molecular complexity index is 588. The minimum atomic E-state index is -0.539. The van der Waals surface area contributed by atoms with E-state index in [1.54, 1.807) is 6.07 Å². The largest absolute Gasteiger partial charge is 0.295 e. The molecule has 0 saturated carbocycles. The van der Waals surface area contributed by atoms with E-state index >= 15 is 0 Å². The van der Waals surface area contributed by atoms with Gasteiger partial charge in [0.05, 0.1) is 10.7 Å². The van der Waals surface area contributed by atoms with Gasteiger partial charge in [-0.2, -0.15) is 0 Å². The molecule has 0 aliphatic heterocycles. The molecular formula is C12H12ClFN2O. The highest BCUT2D eigenvalue weighted by Crippen LogP contribution is 2.17. The number of aromatic nitrogens is 2. The Morgan fingerprint density at radius 2 is 2.18 bits per heavy atom. The molecule has 0 unspecified atom stereocenters. The van der Waals surface area contributed by atoms with Crippen molar-refractivity contribution in [2.24, 2.45) is 0 Å². The number of nitrogens with zero attached hydrogens (tertiary/aromatic N) is 1. The molecule has 90 valence electrons. The van der Waals surface area contributed by atoms with Crippen LogP contribution in [0.1, 0.15) is 19.0 Å². The zero-order chi connectivity index (χ0) is 12.4. The van der Waals surface area contributed by atoms with Gasteiger partial charge in [-0.1, -0.05) is 24.9 Å². The van der Waals surface area contributed by atoms with Crippen LogP contribution in [0.4, 0.5) is 4.39 Å². The fourth-order valence-electron chi connectivity index (χ4n) is 1.66. The van der Waals surface area contributed by atoms with Crippen LogP contribution in [-0.4, -0.2) is 9.78 Å². The van der Waals surface area contributed by atoms with E-state index in [0.29, 0.717) is 5.69 Å². The number of aryl methyl sites for hydroxylation is 1. The summed E-state index contributed by atoms with van der Waals surface area (Å²) in [6, 6.07) is 5.78. The zero-order valence-corrected chi connectivity index (χ0v) is 10.1. The molecule has 0 radical (unpaired) electrons. The van der Waals surface area contributed by atoms with Crippen LogP contribution in [0, 0.1) is 5.82 Å². The van der Waals surface area contributed by atoms with E-state index in [-0.39, 0.29) is 10.6 Å². The summed E-state index contributed by atoms with van der Waals surface area (Å²) in [7, 11) is 0. The fourth-order valence-corrected chi connectivity index (χ4v) is 1.78. The van der Waals surface area contributed by atoms with Gasteiger partial charge < -0.3 is 0 Å². The normalized spacial score (nSPS) is 10.8. The van der Waals surface area contributed by atoms with Gasteiger partial charge in [0.25, 0.3) is 5.56 Å². The molecule has 0 spiro atoms. The Balaban J connectivity index is 2.45. The molecule has 0 amide bonds. The molecule has 1 heterocycles. The minimum Gasteiger partial charge on any atom is -0.295 e. The average molecular weight is 255 g/mol. The Hall–Kier alpha value is -1.55. The quantitative estimate of drug-likeness (QED) is 0.899. The molecule has 17 heavy (non-hydrogen) atoms. The Morgan fingerprint density at radius 3 is 2.82 bits per heavy atom. The highest BCUT2D eigenvalue weighted by molar-refractivity contribution is 6.30. The Labute approximate surface area is 103 Å². The fraction of sp³-hybridized carbons (Fsp3) is 0.250. The van der Waals surface area contributed by atoms with Crippen molar-refractivity contribution >= 4 is 11.6 Å². The number of benzene rings is 1. The van der Waals surface area contributed by atoms with Gasteiger partial charge in [-0.15, -0.1) is 0 Å². The van der Waals surface area contributed by atoms with Gasteiger partial charge in [0, 0.05) is 17.8 Å².